The van der Waals surface area contributed by atoms with E-state index >= 15 is 0 Å². The van der Waals surface area contributed by atoms with Crippen LogP contribution in [0.5, 0.6) is 0 Å². The first-order chi connectivity index (χ1) is 9.33. The van der Waals surface area contributed by atoms with Crippen LogP contribution in [-0.2, 0) is 13.5 Å². The van der Waals surface area contributed by atoms with Crippen LogP contribution in [0.4, 0.5) is 0 Å². The molecule has 0 saturated heterocycles. The van der Waals surface area contributed by atoms with Gasteiger partial charge in [-0.2, -0.15) is 5.10 Å². The summed E-state index contributed by atoms with van der Waals surface area (Å²) < 4.78 is 1.97. The number of hydrogen-bond acceptors (Lipinski definition) is 1. The quantitative estimate of drug-likeness (QED) is 0.691. The van der Waals surface area contributed by atoms with Crippen LogP contribution in [-0.4, -0.2) is 9.78 Å². The summed E-state index contributed by atoms with van der Waals surface area (Å²) >= 11 is 0. The van der Waals surface area contributed by atoms with Crippen LogP contribution in [0.1, 0.15) is 11.3 Å². The predicted molar refractivity (Wildman–Crippen MR) is 77.9 cm³/mol. The molecule has 0 fully saturated rings. The van der Waals surface area contributed by atoms with Gasteiger partial charge in [-0.3, -0.25) is 4.68 Å². The Kier molecular flexibility index (Phi) is 3.15. The minimum Gasteiger partial charge on any atom is -0.272 e. The molecule has 3 aromatic rings. The largest absolute Gasteiger partial charge is 0.272 e. The molecule has 94 valence electrons. The van der Waals surface area contributed by atoms with Crippen LogP contribution in [0.15, 0.2) is 66.7 Å². The van der Waals surface area contributed by atoms with Gasteiger partial charge in [0.05, 0.1) is 5.69 Å². The molecule has 19 heavy (non-hydrogen) atoms. The molecule has 0 unspecified atom stereocenters. The number of aryl methyl sites for hydroxylation is 1. The molecule has 0 aliphatic rings. The average Bonchev–Trinajstić information content (AvgIpc) is 2.82. The van der Waals surface area contributed by atoms with Crippen LogP contribution in [0.2, 0.25) is 0 Å². The van der Waals surface area contributed by atoms with Gasteiger partial charge < -0.3 is 0 Å². The molecule has 0 amide bonds. The van der Waals surface area contributed by atoms with E-state index in [-0.39, 0.29) is 0 Å². The average molecular weight is 248 g/mol. The summed E-state index contributed by atoms with van der Waals surface area (Å²) in [5.74, 6) is 0. The molecule has 2 nitrogen and oxygen atoms in total. The fourth-order valence-corrected chi connectivity index (χ4v) is 2.23. The molecule has 0 spiro atoms. The van der Waals surface area contributed by atoms with Crippen molar-refractivity contribution in [3.05, 3.63) is 78.0 Å². The van der Waals surface area contributed by atoms with Crippen LogP contribution in [0.25, 0.3) is 11.3 Å². The zero-order chi connectivity index (χ0) is 13.1. The number of benzene rings is 2. The van der Waals surface area contributed by atoms with E-state index in [0.29, 0.717) is 0 Å². The monoisotopic (exact) mass is 248 g/mol. The third-order valence-electron chi connectivity index (χ3n) is 3.27. The highest BCUT2D eigenvalue weighted by atomic mass is 15.3. The summed E-state index contributed by atoms with van der Waals surface area (Å²) in [5.41, 5.74) is 4.74. The Morgan fingerprint density at radius 1 is 0.895 bits per heavy atom. The minimum atomic E-state index is 0.914. The van der Waals surface area contributed by atoms with Crippen molar-refractivity contribution in [1.29, 1.82) is 0 Å². The Morgan fingerprint density at radius 2 is 1.53 bits per heavy atom. The van der Waals surface area contributed by atoms with Gasteiger partial charge in [-0.1, -0.05) is 60.7 Å². The Balaban J connectivity index is 1.90. The Labute approximate surface area is 113 Å². The van der Waals surface area contributed by atoms with E-state index < -0.39 is 0 Å². The van der Waals surface area contributed by atoms with E-state index in [4.69, 9.17) is 0 Å². The fraction of sp³-hybridized carbons (Fsp3) is 0.118. The lowest BCUT2D eigenvalue weighted by Gasteiger charge is -2.01. The Bertz CT molecular complexity index is 654. The normalized spacial score (nSPS) is 10.6. The molecule has 0 N–H and O–H groups in total. The molecule has 0 aliphatic heterocycles. The number of rotatable bonds is 3. The third-order valence-corrected chi connectivity index (χ3v) is 3.27. The van der Waals surface area contributed by atoms with Crippen LogP contribution in [0.3, 0.4) is 0 Å². The highest BCUT2D eigenvalue weighted by Gasteiger charge is 2.07. The first-order valence-corrected chi connectivity index (χ1v) is 6.45. The second kappa shape index (κ2) is 5.11. The van der Waals surface area contributed by atoms with Crippen molar-refractivity contribution in [2.75, 3.05) is 0 Å². The molecule has 2 aromatic carbocycles. The molecule has 3 rings (SSSR count). The Hall–Kier alpha value is -2.35. The molecule has 2 heteroatoms. The first-order valence-electron chi connectivity index (χ1n) is 6.45. The molecule has 1 aromatic heterocycles. The standard InChI is InChI=1S/C17H16N2/c1-19-16(12-14-8-4-2-5-9-14)13-17(18-19)15-10-6-3-7-11-15/h2-11,13H,12H2,1H3. The van der Waals surface area contributed by atoms with Gasteiger partial charge in [-0.05, 0) is 11.6 Å². The van der Waals surface area contributed by atoms with Gasteiger partial charge in [0.15, 0.2) is 0 Å². The smallest absolute Gasteiger partial charge is 0.0926 e. The highest BCUT2D eigenvalue weighted by Crippen LogP contribution is 2.19. The van der Waals surface area contributed by atoms with Gasteiger partial charge in [0.25, 0.3) is 0 Å². The summed E-state index contributed by atoms with van der Waals surface area (Å²) in [6.45, 7) is 0. The lowest BCUT2D eigenvalue weighted by atomic mass is 10.1. The summed E-state index contributed by atoms with van der Waals surface area (Å²) in [6.07, 6.45) is 0.914. The molecular weight excluding hydrogens is 232 g/mol. The molecule has 0 bridgehead atoms. The topological polar surface area (TPSA) is 17.8 Å². The van der Waals surface area contributed by atoms with E-state index in [1.165, 1.54) is 11.3 Å². The molecule has 1 heterocycles. The fourth-order valence-electron chi connectivity index (χ4n) is 2.23. The van der Waals surface area contributed by atoms with E-state index in [1.54, 1.807) is 0 Å². The summed E-state index contributed by atoms with van der Waals surface area (Å²) in [5, 5.41) is 4.59. The van der Waals surface area contributed by atoms with Crippen LogP contribution >= 0.6 is 0 Å². The van der Waals surface area contributed by atoms with Gasteiger partial charge in [-0.25, -0.2) is 0 Å². The minimum absolute atomic E-state index is 0.914. The van der Waals surface area contributed by atoms with Gasteiger partial charge in [0, 0.05) is 24.7 Å². The van der Waals surface area contributed by atoms with Gasteiger partial charge in [0.2, 0.25) is 0 Å². The van der Waals surface area contributed by atoms with Gasteiger partial charge in [-0.15, -0.1) is 0 Å². The summed E-state index contributed by atoms with van der Waals surface area (Å²) in [7, 11) is 2.00. The predicted octanol–water partition coefficient (Wildman–Crippen LogP) is 3.68. The number of hydrogen-bond donors (Lipinski definition) is 0. The zero-order valence-electron chi connectivity index (χ0n) is 11.0. The molecule has 0 saturated carbocycles. The molecular formula is C17H16N2. The lowest BCUT2D eigenvalue weighted by molar-refractivity contribution is 0.726. The maximum Gasteiger partial charge on any atom is 0.0926 e. The highest BCUT2D eigenvalue weighted by molar-refractivity contribution is 5.59. The third kappa shape index (κ3) is 2.58. The van der Waals surface area contributed by atoms with E-state index in [0.717, 1.165) is 17.7 Å². The Morgan fingerprint density at radius 3 is 2.21 bits per heavy atom. The van der Waals surface area contributed by atoms with Crippen molar-refractivity contribution in [1.82, 2.24) is 9.78 Å². The second-order valence-electron chi connectivity index (χ2n) is 4.67. The maximum absolute atomic E-state index is 4.59. The van der Waals surface area contributed by atoms with Crippen molar-refractivity contribution >= 4 is 0 Å². The molecule has 0 atom stereocenters. The van der Waals surface area contributed by atoms with E-state index in [1.807, 2.05) is 36.0 Å². The lowest BCUT2D eigenvalue weighted by Crippen LogP contribution is -1.98. The van der Waals surface area contributed by atoms with Crippen molar-refractivity contribution in [3.63, 3.8) is 0 Å². The summed E-state index contributed by atoms with van der Waals surface area (Å²) in [4.78, 5) is 0. The van der Waals surface area contributed by atoms with Gasteiger partial charge in [0.1, 0.15) is 0 Å². The summed E-state index contributed by atoms with van der Waals surface area (Å²) in [6, 6.07) is 22.9. The van der Waals surface area contributed by atoms with Crippen molar-refractivity contribution in [2.45, 2.75) is 6.42 Å². The SMILES string of the molecule is Cn1nc(-c2ccccc2)cc1Cc1ccccc1. The maximum atomic E-state index is 4.59. The van der Waals surface area contributed by atoms with Crippen molar-refractivity contribution in [3.8, 4) is 11.3 Å². The van der Waals surface area contributed by atoms with Crippen LogP contribution < -0.4 is 0 Å². The first kappa shape index (κ1) is 11.7. The zero-order valence-corrected chi connectivity index (χ0v) is 11.0. The van der Waals surface area contributed by atoms with Crippen LogP contribution in [0, 0.1) is 0 Å². The molecule has 0 radical (unpaired) electrons. The van der Waals surface area contributed by atoms with Crippen molar-refractivity contribution in [2.24, 2.45) is 7.05 Å². The number of nitrogens with zero attached hydrogens (tertiary/aromatic N) is 2. The number of aromatic nitrogens is 2. The second-order valence-corrected chi connectivity index (χ2v) is 4.67. The van der Waals surface area contributed by atoms with E-state index in [9.17, 15) is 0 Å². The van der Waals surface area contributed by atoms with Crippen molar-refractivity contribution < 1.29 is 0 Å². The molecule has 0 aliphatic carbocycles. The van der Waals surface area contributed by atoms with Gasteiger partial charge >= 0.3 is 0 Å². The van der Waals surface area contributed by atoms with E-state index in [2.05, 4.69) is 47.6 Å².